The molecule has 2 heterocycles. The molecule has 0 fully saturated rings. The number of H-pyrrole nitrogens is 1. The molecule has 2 N–H and O–H groups in total. The SMILES string of the molecule is Cc1nc(Nc2cccc(Cl)c2)c2cc(C)[nH]c2n1. The largest absolute Gasteiger partial charge is 0.343 e. The Bertz CT molecular complexity index is 748. The molecule has 96 valence electrons. The van der Waals surface area contributed by atoms with E-state index in [1.807, 2.05) is 44.2 Å². The average molecular weight is 273 g/mol. The number of benzene rings is 1. The van der Waals surface area contributed by atoms with Gasteiger partial charge >= 0.3 is 0 Å². The van der Waals surface area contributed by atoms with Crippen LogP contribution in [0.5, 0.6) is 0 Å². The lowest BCUT2D eigenvalue weighted by Crippen LogP contribution is -1.98. The van der Waals surface area contributed by atoms with Crippen LogP contribution in [0.25, 0.3) is 11.0 Å². The van der Waals surface area contributed by atoms with E-state index >= 15 is 0 Å². The molecule has 0 amide bonds. The highest BCUT2D eigenvalue weighted by atomic mass is 35.5. The molecule has 0 saturated heterocycles. The molecule has 3 aromatic rings. The molecule has 0 unspecified atom stereocenters. The van der Waals surface area contributed by atoms with E-state index in [9.17, 15) is 0 Å². The number of hydrogen-bond donors (Lipinski definition) is 2. The number of nitrogens with one attached hydrogen (secondary N) is 2. The summed E-state index contributed by atoms with van der Waals surface area (Å²) < 4.78 is 0. The van der Waals surface area contributed by atoms with Crippen molar-refractivity contribution in [2.24, 2.45) is 0 Å². The molecule has 0 aliphatic heterocycles. The van der Waals surface area contributed by atoms with Crippen LogP contribution in [0.4, 0.5) is 11.5 Å². The number of aromatic amines is 1. The lowest BCUT2D eigenvalue weighted by atomic mass is 10.3. The van der Waals surface area contributed by atoms with Crippen LogP contribution in [-0.4, -0.2) is 15.0 Å². The van der Waals surface area contributed by atoms with Crippen molar-refractivity contribution in [3.05, 3.63) is 46.9 Å². The monoisotopic (exact) mass is 272 g/mol. The summed E-state index contributed by atoms with van der Waals surface area (Å²) in [5.74, 6) is 1.51. The van der Waals surface area contributed by atoms with Crippen LogP contribution in [-0.2, 0) is 0 Å². The van der Waals surface area contributed by atoms with Gasteiger partial charge in [-0.05, 0) is 38.1 Å². The lowest BCUT2D eigenvalue weighted by Gasteiger charge is -2.07. The van der Waals surface area contributed by atoms with Crippen molar-refractivity contribution in [1.29, 1.82) is 0 Å². The molecule has 0 aliphatic carbocycles. The molecule has 0 saturated carbocycles. The standard InChI is InChI=1S/C14H13ClN4/c1-8-6-12-13(16-8)17-9(2)18-14(12)19-11-5-3-4-10(15)7-11/h3-7H,1-2H3,(H2,16,17,18,19). The summed E-state index contributed by atoms with van der Waals surface area (Å²) in [6.45, 7) is 3.87. The first-order valence-electron chi connectivity index (χ1n) is 5.98. The predicted molar refractivity (Wildman–Crippen MR) is 78.1 cm³/mol. The van der Waals surface area contributed by atoms with Gasteiger partial charge in [0.1, 0.15) is 17.3 Å². The summed E-state index contributed by atoms with van der Waals surface area (Å²) in [6, 6.07) is 9.59. The van der Waals surface area contributed by atoms with Gasteiger partial charge in [-0.15, -0.1) is 0 Å². The molecule has 1 aromatic carbocycles. The Balaban J connectivity index is 2.09. The lowest BCUT2D eigenvalue weighted by molar-refractivity contribution is 1.08. The van der Waals surface area contributed by atoms with Crippen LogP contribution < -0.4 is 5.32 Å². The summed E-state index contributed by atoms with van der Waals surface area (Å²) in [5.41, 5.74) is 2.81. The second-order valence-electron chi connectivity index (χ2n) is 4.47. The van der Waals surface area contributed by atoms with Gasteiger partial charge in [0.15, 0.2) is 0 Å². The highest BCUT2D eigenvalue weighted by Gasteiger charge is 2.08. The molecule has 0 radical (unpaired) electrons. The van der Waals surface area contributed by atoms with Crippen molar-refractivity contribution in [1.82, 2.24) is 15.0 Å². The fourth-order valence-electron chi connectivity index (χ4n) is 2.05. The number of aryl methyl sites for hydroxylation is 2. The van der Waals surface area contributed by atoms with Crippen LogP contribution >= 0.6 is 11.6 Å². The zero-order chi connectivity index (χ0) is 13.4. The average Bonchev–Trinajstić information content (AvgIpc) is 2.69. The Hall–Kier alpha value is -2.07. The number of rotatable bonds is 2. The highest BCUT2D eigenvalue weighted by molar-refractivity contribution is 6.30. The maximum absolute atomic E-state index is 5.99. The first-order chi connectivity index (χ1) is 9.11. The second kappa shape index (κ2) is 4.55. The Labute approximate surface area is 115 Å². The zero-order valence-corrected chi connectivity index (χ0v) is 11.4. The first-order valence-corrected chi connectivity index (χ1v) is 6.36. The minimum Gasteiger partial charge on any atom is -0.343 e. The van der Waals surface area contributed by atoms with Gasteiger partial charge in [-0.25, -0.2) is 9.97 Å². The van der Waals surface area contributed by atoms with Gasteiger partial charge in [0.05, 0.1) is 5.39 Å². The normalized spacial score (nSPS) is 10.9. The molecule has 4 nitrogen and oxygen atoms in total. The van der Waals surface area contributed by atoms with Gasteiger partial charge in [0.25, 0.3) is 0 Å². The smallest absolute Gasteiger partial charge is 0.143 e. The molecule has 2 aromatic heterocycles. The highest BCUT2D eigenvalue weighted by Crippen LogP contribution is 2.25. The van der Waals surface area contributed by atoms with E-state index in [4.69, 9.17) is 11.6 Å². The number of aromatic nitrogens is 3. The molecule has 3 rings (SSSR count). The third-order valence-electron chi connectivity index (χ3n) is 2.82. The molecule has 19 heavy (non-hydrogen) atoms. The first kappa shape index (κ1) is 12.0. The van der Waals surface area contributed by atoms with E-state index in [1.165, 1.54) is 0 Å². The summed E-state index contributed by atoms with van der Waals surface area (Å²) >= 11 is 5.99. The van der Waals surface area contributed by atoms with Crippen molar-refractivity contribution in [3.63, 3.8) is 0 Å². The number of anilines is 2. The third-order valence-corrected chi connectivity index (χ3v) is 3.06. The van der Waals surface area contributed by atoms with Crippen molar-refractivity contribution >= 4 is 34.1 Å². The summed E-state index contributed by atoms with van der Waals surface area (Å²) in [4.78, 5) is 12.1. The molecule has 0 atom stereocenters. The van der Waals surface area contributed by atoms with Gasteiger partial charge < -0.3 is 10.3 Å². The van der Waals surface area contributed by atoms with E-state index in [0.29, 0.717) is 5.02 Å². The van der Waals surface area contributed by atoms with Gasteiger partial charge in [-0.1, -0.05) is 17.7 Å². The Kier molecular flexibility index (Phi) is 2.87. The molecular weight excluding hydrogens is 260 g/mol. The van der Waals surface area contributed by atoms with Crippen LogP contribution in [0, 0.1) is 13.8 Å². The summed E-state index contributed by atoms with van der Waals surface area (Å²) in [7, 11) is 0. The Morgan fingerprint density at radius 2 is 2.00 bits per heavy atom. The number of nitrogens with zero attached hydrogens (tertiary/aromatic N) is 2. The molecule has 5 heteroatoms. The van der Waals surface area contributed by atoms with Gasteiger partial charge in [0.2, 0.25) is 0 Å². The number of hydrogen-bond acceptors (Lipinski definition) is 3. The minimum absolute atomic E-state index is 0.692. The maximum atomic E-state index is 5.99. The van der Waals surface area contributed by atoms with E-state index < -0.39 is 0 Å². The van der Waals surface area contributed by atoms with Gasteiger partial charge in [-0.3, -0.25) is 0 Å². The van der Waals surface area contributed by atoms with E-state index in [1.54, 1.807) is 0 Å². The Morgan fingerprint density at radius 1 is 1.16 bits per heavy atom. The minimum atomic E-state index is 0.692. The van der Waals surface area contributed by atoms with E-state index in [2.05, 4.69) is 20.3 Å². The summed E-state index contributed by atoms with van der Waals surface area (Å²) in [5, 5.41) is 4.95. The zero-order valence-electron chi connectivity index (χ0n) is 10.7. The van der Waals surface area contributed by atoms with Gasteiger partial charge in [-0.2, -0.15) is 0 Å². The molecule has 0 aliphatic rings. The van der Waals surface area contributed by atoms with Gasteiger partial charge in [0, 0.05) is 16.4 Å². The van der Waals surface area contributed by atoms with Crippen LogP contribution in [0.3, 0.4) is 0 Å². The van der Waals surface area contributed by atoms with Crippen LogP contribution in [0.2, 0.25) is 5.02 Å². The third kappa shape index (κ3) is 2.39. The number of halogens is 1. The topological polar surface area (TPSA) is 53.6 Å². The quantitative estimate of drug-likeness (QED) is 0.742. The van der Waals surface area contributed by atoms with Crippen molar-refractivity contribution in [3.8, 4) is 0 Å². The fraction of sp³-hybridized carbons (Fsp3) is 0.143. The van der Waals surface area contributed by atoms with Crippen molar-refractivity contribution in [2.75, 3.05) is 5.32 Å². The maximum Gasteiger partial charge on any atom is 0.143 e. The predicted octanol–water partition coefficient (Wildman–Crippen LogP) is 3.97. The summed E-state index contributed by atoms with van der Waals surface area (Å²) in [6.07, 6.45) is 0. The van der Waals surface area contributed by atoms with E-state index in [-0.39, 0.29) is 0 Å². The van der Waals surface area contributed by atoms with E-state index in [0.717, 1.165) is 34.1 Å². The van der Waals surface area contributed by atoms with Crippen LogP contribution in [0.1, 0.15) is 11.5 Å². The molecule has 0 bridgehead atoms. The molecule has 0 spiro atoms. The molecular formula is C14H13ClN4. The van der Waals surface area contributed by atoms with Crippen molar-refractivity contribution < 1.29 is 0 Å². The number of fused-ring (bicyclic) bond motifs is 1. The fourth-order valence-corrected chi connectivity index (χ4v) is 2.24. The van der Waals surface area contributed by atoms with Crippen LogP contribution in [0.15, 0.2) is 30.3 Å². The second-order valence-corrected chi connectivity index (χ2v) is 4.91. The van der Waals surface area contributed by atoms with Crippen molar-refractivity contribution in [2.45, 2.75) is 13.8 Å². The Morgan fingerprint density at radius 3 is 2.79 bits per heavy atom.